The number of nitrogens with zero attached hydrogens (tertiary/aromatic N) is 1. The second-order valence-corrected chi connectivity index (χ2v) is 3.78. The Morgan fingerprint density at radius 2 is 2.46 bits per heavy atom. The molecule has 0 fully saturated rings. The van der Waals surface area contributed by atoms with Crippen LogP contribution in [0.15, 0.2) is 35.8 Å². The van der Waals surface area contributed by atoms with Crippen LogP contribution in [0.3, 0.4) is 0 Å². The van der Waals surface area contributed by atoms with Crippen molar-refractivity contribution in [2.45, 2.75) is 6.42 Å². The van der Waals surface area contributed by atoms with Crippen molar-refractivity contribution in [3.8, 4) is 0 Å². The van der Waals surface area contributed by atoms with Gasteiger partial charge in [0, 0.05) is 12.0 Å². The Labute approximate surface area is 79.9 Å². The highest BCUT2D eigenvalue weighted by atomic mass is 32.1. The second-order valence-electron chi connectivity index (χ2n) is 2.93. The van der Waals surface area contributed by atoms with E-state index < -0.39 is 0 Å². The van der Waals surface area contributed by atoms with Crippen LogP contribution < -0.4 is 0 Å². The predicted octanol–water partition coefficient (Wildman–Crippen LogP) is 2.51. The molecule has 1 aliphatic carbocycles. The molecule has 0 unspecified atom stereocenters. The molecule has 3 rings (SSSR count). The van der Waals surface area contributed by atoms with Gasteiger partial charge in [0.2, 0.25) is 0 Å². The molecule has 2 nitrogen and oxygen atoms in total. The van der Waals surface area contributed by atoms with Gasteiger partial charge in [0.05, 0.1) is 22.3 Å². The van der Waals surface area contributed by atoms with Crippen LogP contribution in [0.4, 0.5) is 0 Å². The fourth-order valence-electron chi connectivity index (χ4n) is 1.56. The predicted molar refractivity (Wildman–Crippen MR) is 52.1 cm³/mol. The molecule has 1 aromatic rings. The molecule has 3 heteroatoms. The van der Waals surface area contributed by atoms with E-state index in [1.54, 1.807) is 17.6 Å². The Kier molecular flexibility index (Phi) is 1.40. The zero-order chi connectivity index (χ0) is 8.67. The van der Waals surface area contributed by atoms with E-state index >= 15 is 0 Å². The van der Waals surface area contributed by atoms with E-state index in [0.29, 0.717) is 0 Å². The van der Waals surface area contributed by atoms with Crippen LogP contribution in [-0.2, 0) is 11.2 Å². The molecule has 0 bridgehead atoms. The van der Waals surface area contributed by atoms with Gasteiger partial charge in [0.15, 0.2) is 0 Å². The highest BCUT2D eigenvalue weighted by Crippen LogP contribution is 2.35. The Hall–Kier alpha value is -1.35. The topological polar surface area (TPSA) is 22.1 Å². The van der Waals surface area contributed by atoms with Gasteiger partial charge in [-0.25, -0.2) is 4.98 Å². The maximum absolute atomic E-state index is 5.40. The molecule has 0 aromatic carbocycles. The lowest BCUT2D eigenvalue weighted by molar-refractivity contribution is 0.367. The molecule has 0 saturated carbocycles. The molecule has 0 spiro atoms. The van der Waals surface area contributed by atoms with E-state index in [9.17, 15) is 0 Å². The Balaban J connectivity index is 2.22. The van der Waals surface area contributed by atoms with E-state index in [2.05, 4.69) is 17.1 Å². The lowest BCUT2D eigenvalue weighted by Gasteiger charge is -2.17. The summed E-state index contributed by atoms with van der Waals surface area (Å²) in [7, 11) is 0. The highest BCUT2D eigenvalue weighted by molar-refractivity contribution is 7.11. The molecule has 0 atom stereocenters. The van der Waals surface area contributed by atoms with Gasteiger partial charge in [-0.3, -0.25) is 0 Å². The normalized spacial score (nSPS) is 18.2. The minimum atomic E-state index is 0.888. The lowest BCUT2D eigenvalue weighted by Crippen LogP contribution is -2.03. The summed E-state index contributed by atoms with van der Waals surface area (Å²) in [6, 6.07) is 0. The number of fused-ring (bicyclic) bond motifs is 3. The van der Waals surface area contributed by atoms with E-state index in [4.69, 9.17) is 4.74 Å². The second kappa shape index (κ2) is 2.57. The third-order valence-corrected chi connectivity index (χ3v) is 3.07. The van der Waals surface area contributed by atoms with Crippen molar-refractivity contribution in [2.24, 2.45) is 0 Å². The molecule has 1 aromatic heterocycles. The summed E-state index contributed by atoms with van der Waals surface area (Å²) < 4.78 is 5.40. The zero-order valence-corrected chi connectivity index (χ0v) is 7.67. The fraction of sp³-hybridized carbons (Fsp3) is 0.100. The first kappa shape index (κ1) is 7.09. The van der Waals surface area contributed by atoms with Crippen LogP contribution in [0.1, 0.15) is 10.6 Å². The van der Waals surface area contributed by atoms with Gasteiger partial charge in [-0.1, -0.05) is 0 Å². The van der Waals surface area contributed by atoms with E-state index in [1.165, 1.54) is 16.1 Å². The molecule has 2 heterocycles. The zero-order valence-electron chi connectivity index (χ0n) is 6.86. The summed E-state index contributed by atoms with van der Waals surface area (Å²) in [4.78, 5) is 5.55. The summed E-state index contributed by atoms with van der Waals surface area (Å²) in [5.74, 6) is 0.972. The van der Waals surface area contributed by atoms with Crippen molar-refractivity contribution in [3.63, 3.8) is 0 Å². The summed E-state index contributed by atoms with van der Waals surface area (Å²) in [5.41, 5.74) is 4.23. The van der Waals surface area contributed by atoms with Crippen molar-refractivity contribution >= 4 is 16.9 Å². The van der Waals surface area contributed by atoms with E-state index in [-0.39, 0.29) is 0 Å². The van der Waals surface area contributed by atoms with Crippen molar-refractivity contribution < 1.29 is 4.74 Å². The first-order chi connectivity index (χ1) is 6.45. The number of hydrogen-bond donors (Lipinski definition) is 0. The molecule has 0 saturated heterocycles. The van der Waals surface area contributed by atoms with Crippen molar-refractivity contribution in [2.75, 3.05) is 0 Å². The number of hydrogen-bond acceptors (Lipinski definition) is 3. The average molecular weight is 189 g/mol. The maximum atomic E-state index is 5.40. The summed E-state index contributed by atoms with van der Waals surface area (Å²) >= 11 is 1.68. The monoisotopic (exact) mass is 189 g/mol. The summed E-state index contributed by atoms with van der Waals surface area (Å²) in [6.45, 7) is 0. The first-order valence-electron chi connectivity index (χ1n) is 4.12. The number of allylic oxidation sites excluding steroid dienone is 4. The number of thiazole rings is 1. The molecule has 64 valence electrons. The molecule has 0 N–H and O–H groups in total. The number of aromatic nitrogens is 1. The molecule has 1 aliphatic heterocycles. The van der Waals surface area contributed by atoms with E-state index in [1.807, 2.05) is 11.6 Å². The van der Waals surface area contributed by atoms with Crippen LogP contribution in [0.25, 0.3) is 5.57 Å². The van der Waals surface area contributed by atoms with Gasteiger partial charge in [-0.05, 0) is 18.2 Å². The highest BCUT2D eigenvalue weighted by Gasteiger charge is 2.20. The minimum Gasteiger partial charge on any atom is -0.465 e. The van der Waals surface area contributed by atoms with Crippen LogP contribution in [0.5, 0.6) is 0 Å². The standard InChI is InChI=1S/C10H7NOS/c1-2-7-9(12-5-1)4-3-8-10(7)13-6-11-8/h1-2,4-6H,3H2. The van der Waals surface area contributed by atoms with Gasteiger partial charge >= 0.3 is 0 Å². The summed E-state index contributed by atoms with van der Waals surface area (Å²) in [5, 5.41) is 0. The first-order valence-corrected chi connectivity index (χ1v) is 5.00. The smallest absolute Gasteiger partial charge is 0.131 e. The molecule has 13 heavy (non-hydrogen) atoms. The third kappa shape index (κ3) is 0.971. The molecule has 0 radical (unpaired) electrons. The van der Waals surface area contributed by atoms with Crippen LogP contribution in [0, 0.1) is 0 Å². The fourth-order valence-corrected chi connectivity index (χ4v) is 2.42. The van der Waals surface area contributed by atoms with Gasteiger partial charge in [-0.15, -0.1) is 11.3 Å². The van der Waals surface area contributed by atoms with Crippen LogP contribution >= 0.6 is 11.3 Å². The number of ether oxygens (including phenoxy) is 1. The van der Waals surface area contributed by atoms with Gasteiger partial charge in [0.25, 0.3) is 0 Å². The Morgan fingerprint density at radius 3 is 3.46 bits per heavy atom. The molecular formula is C10H7NOS. The maximum Gasteiger partial charge on any atom is 0.131 e. The van der Waals surface area contributed by atoms with Gasteiger partial charge < -0.3 is 4.74 Å². The van der Waals surface area contributed by atoms with Gasteiger partial charge in [0.1, 0.15) is 5.76 Å². The van der Waals surface area contributed by atoms with Gasteiger partial charge in [-0.2, -0.15) is 0 Å². The Bertz CT molecular complexity index is 440. The third-order valence-electron chi connectivity index (χ3n) is 2.17. The Morgan fingerprint density at radius 1 is 1.46 bits per heavy atom. The molecule has 0 amide bonds. The molecule has 2 aliphatic rings. The lowest BCUT2D eigenvalue weighted by atomic mass is 10.0. The largest absolute Gasteiger partial charge is 0.465 e. The minimum absolute atomic E-state index is 0.888. The van der Waals surface area contributed by atoms with Crippen molar-refractivity contribution in [1.82, 2.24) is 4.98 Å². The SMILES string of the molecule is C1=COC2=CCc3ncsc3C2=C1. The molecular weight excluding hydrogens is 182 g/mol. The van der Waals surface area contributed by atoms with Crippen LogP contribution in [0.2, 0.25) is 0 Å². The average Bonchev–Trinajstić information content (AvgIpc) is 2.65. The number of rotatable bonds is 0. The van der Waals surface area contributed by atoms with Crippen molar-refractivity contribution in [3.05, 3.63) is 46.3 Å². The quantitative estimate of drug-likeness (QED) is 0.625. The van der Waals surface area contributed by atoms with E-state index in [0.717, 1.165) is 12.2 Å². The van der Waals surface area contributed by atoms with Crippen molar-refractivity contribution in [1.29, 1.82) is 0 Å². The summed E-state index contributed by atoms with van der Waals surface area (Å²) in [6.07, 6.45) is 8.67. The van der Waals surface area contributed by atoms with Crippen LogP contribution in [-0.4, -0.2) is 4.98 Å².